The number of oxime groups is 1. The average molecular weight is 572 g/mol. The summed E-state index contributed by atoms with van der Waals surface area (Å²) >= 11 is 1.22. The van der Waals surface area contributed by atoms with Gasteiger partial charge in [0.05, 0.1) is 23.4 Å². The van der Waals surface area contributed by atoms with Gasteiger partial charge in [0.15, 0.2) is 26.8 Å². The third-order valence-electron chi connectivity index (χ3n) is 6.86. The Kier molecular flexibility index (Phi) is 7.47. The van der Waals surface area contributed by atoms with E-state index in [1.165, 1.54) is 23.5 Å². The molecule has 2 atom stereocenters. The molecule has 2 saturated heterocycles. The Morgan fingerprint density at radius 1 is 1.13 bits per heavy atom. The molecule has 39 heavy (non-hydrogen) atoms. The van der Waals surface area contributed by atoms with Crippen LogP contribution in [0.5, 0.6) is 5.88 Å². The molecule has 0 spiro atoms. The number of anilines is 1. The molecule has 0 radical (unpaired) electrons. The van der Waals surface area contributed by atoms with E-state index < -0.39 is 15.7 Å². The molecule has 1 amide bonds. The van der Waals surface area contributed by atoms with Crippen molar-refractivity contribution >= 4 is 48.3 Å². The van der Waals surface area contributed by atoms with Crippen molar-refractivity contribution in [2.75, 3.05) is 31.7 Å². The molecule has 206 valence electrons. The Morgan fingerprint density at radius 2 is 1.97 bits per heavy atom. The van der Waals surface area contributed by atoms with Crippen molar-refractivity contribution in [3.63, 3.8) is 0 Å². The summed E-state index contributed by atoms with van der Waals surface area (Å²) in [6.45, 7) is 2.51. The van der Waals surface area contributed by atoms with Crippen LogP contribution >= 0.6 is 11.3 Å². The van der Waals surface area contributed by atoms with Crippen LogP contribution in [0.2, 0.25) is 0 Å². The fraction of sp³-hybridized carbons (Fsp3) is 0.462. The molecule has 2 aromatic heterocycles. The number of hydrogen-bond acceptors (Lipinski definition) is 11. The van der Waals surface area contributed by atoms with Gasteiger partial charge < -0.3 is 19.6 Å². The van der Waals surface area contributed by atoms with E-state index in [0.717, 1.165) is 19.4 Å². The number of hydrogen-bond donors (Lipinski definition) is 2. The number of carbonyl (C=O) groups excluding carboxylic acids is 1. The van der Waals surface area contributed by atoms with Crippen LogP contribution in [0, 0.1) is 0 Å². The van der Waals surface area contributed by atoms with Gasteiger partial charge in [0.1, 0.15) is 17.0 Å². The highest BCUT2D eigenvalue weighted by molar-refractivity contribution is 7.92. The van der Waals surface area contributed by atoms with E-state index in [2.05, 4.69) is 25.8 Å². The number of nitrogens with zero attached hydrogens (tertiary/aromatic N) is 3. The molecule has 4 heterocycles. The number of thiazole rings is 1. The van der Waals surface area contributed by atoms with Crippen molar-refractivity contribution in [3.8, 4) is 5.88 Å². The highest BCUT2D eigenvalue weighted by Crippen LogP contribution is 2.33. The second-order valence-electron chi connectivity index (χ2n) is 9.85. The van der Waals surface area contributed by atoms with Gasteiger partial charge in [-0.3, -0.25) is 10.1 Å². The largest absolute Gasteiger partial charge is 0.476 e. The molecular weight excluding hydrogens is 542 g/mol. The lowest BCUT2D eigenvalue weighted by atomic mass is 10.1. The van der Waals surface area contributed by atoms with E-state index in [0.29, 0.717) is 72.0 Å². The van der Waals surface area contributed by atoms with Crippen molar-refractivity contribution in [3.05, 3.63) is 42.0 Å². The molecule has 2 aliphatic heterocycles. The van der Waals surface area contributed by atoms with Crippen molar-refractivity contribution in [1.29, 1.82) is 0 Å². The quantitative estimate of drug-likeness (QED) is 0.278. The molecular formula is C26H29N5O6S2. The lowest BCUT2D eigenvalue weighted by molar-refractivity contribution is -0.110. The molecule has 13 heteroatoms. The molecule has 1 saturated carbocycles. The Hall–Kier alpha value is -3.13. The highest BCUT2D eigenvalue weighted by Gasteiger charge is 2.37. The second kappa shape index (κ2) is 11.2. The molecule has 1 aromatic carbocycles. The van der Waals surface area contributed by atoms with Crippen molar-refractivity contribution < 1.29 is 27.5 Å². The molecule has 0 unspecified atom stereocenters. The topological polar surface area (TPSA) is 141 Å². The molecule has 6 rings (SSSR count). The minimum atomic E-state index is -3.35. The Labute approximate surface area is 229 Å². The van der Waals surface area contributed by atoms with E-state index >= 15 is 0 Å². The van der Waals surface area contributed by atoms with E-state index in [1.54, 1.807) is 18.2 Å². The van der Waals surface area contributed by atoms with Crippen molar-refractivity contribution in [2.24, 2.45) is 5.16 Å². The molecule has 3 fully saturated rings. The maximum Gasteiger partial charge on any atom is 0.280 e. The molecule has 3 aliphatic rings. The summed E-state index contributed by atoms with van der Waals surface area (Å²) < 4.78 is 36.4. The van der Waals surface area contributed by atoms with Gasteiger partial charge >= 0.3 is 0 Å². The van der Waals surface area contributed by atoms with E-state index in [4.69, 9.17) is 14.3 Å². The Balaban J connectivity index is 1.19. The third-order valence-corrected chi connectivity index (χ3v) is 10.0. The smallest absolute Gasteiger partial charge is 0.280 e. The maximum absolute atomic E-state index is 13.4. The molecule has 0 bridgehead atoms. The predicted molar refractivity (Wildman–Crippen MR) is 146 cm³/mol. The monoisotopic (exact) mass is 571 g/mol. The Morgan fingerprint density at radius 3 is 2.69 bits per heavy atom. The first-order chi connectivity index (χ1) is 19.0. The number of fused-ring (bicyclic) bond motifs is 1. The van der Waals surface area contributed by atoms with Crippen LogP contribution in [0.25, 0.3) is 10.3 Å². The number of sulfone groups is 1. The minimum Gasteiger partial charge on any atom is -0.476 e. The fourth-order valence-corrected chi connectivity index (χ4v) is 6.98. The van der Waals surface area contributed by atoms with Gasteiger partial charge in [-0.2, -0.15) is 0 Å². The number of pyridine rings is 1. The normalized spacial score (nSPS) is 21.8. The first-order valence-electron chi connectivity index (χ1n) is 13.1. The van der Waals surface area contributed by atoms with Crippen molar-refractivity contribution in [2.45, 2.75) is 54.4 Å². The van der Waals surface area contributed by atoms with Gasteiger partial charge in [-0.05, 0) is 50.4 Å². The van der Waals surface area contributed by atoms with Crippen LogP contribution in [0.3, 0.4) is 0 Å². The van der Waals surface area contributed by atoms with Gasteiger partial charge in [-0.15, -0.1) is 0 Å². The average Bonchev–Trinajstić information content (AvgIpc) is 3.28. The summed E-state index contributed by atoms with van der Waals surface area (Å²) in [6.07, 6.45) is 4.00. The number of ether oxygens (including phenoxy) is 2. The number of amides is 1. The van der Waals surface area contributed by atoms with Crippen LogP contribution in [0.15, 0.2) is 46.4 Å². The van der Waals surface area contributed by atoms with Crippen LogP contribution < -0.4 is 15.4 Å². The zero-order chi connectivity index (χ0) is 26.8. The van der Waals surface area contributed by atoms with Crippen molar-refractivity contribution in [1.82, 2.24) is 15.3 Å². The van der Waals surface area contributed by atoms with Crippen LogP contribution in [0.1, 0.15) is 37.7 Å². The first-order valence-corrected chi connectivity index (χ1v) is 15.4. The summed E-state index contributed by atoms with van der Waals surface area (Å²) in [5, 5.41) is 10.4. The number of aromatic nitrogens is 2. The zero-order valence-corrected chi connectivity index (χ0v) is 22.8. The highest BCUT2D eigenvalue weighted by atomic mass is 32.2. The zero-order valence-electron chi connectivity index (χ0n) is 21.2. The summed E-state index contributed by atoms with van der Waals surface area (Å²) in [7, 11) is -3.35. The minimum absolute atomic E-state index is 0.0116. The van der Waals surface area contributed by atoms with E-state index in [-0.39, 0.29) is 22.0 Å². The number of nitrogens with one attached hydrogen (secondary N) is 2. The van der Waals surface area contributed by atoms with Gasteiger partial charge in [0.25, 0.3) is 5.91 Å². The van der Waals surface area contributed by atoms with Gasteiger partial charge in [0, 0.05) is 24.1 Å². The summed E-state index contributed by atoms with van der Waals surface area (Å²) in [4.78, 5) is 28.8. The summed E-state index contributed by atoms with van der Waals surface area (Å²) in [6, 6.07) is 10.1. The fourth-order valence-electron chi connectivity index (χ4n) is 4.50. The van der Waals surface area contributed by atoms with Gasteiger partial charge in [-0.1, -0.05) is 28.6 Å². The molecule has 3 aromatic rings. The molecule has 2 N–H and O–H groups in total. The van der Waals surface area contributed by atoms with E-state index in [1.807, 2.05) is 6.07 Å². The second-order valence-corrected chi connectivity index (χ2v) is 13.1. The van der Waals surface area contributed by atoms with Gasteiger partial charge in [-0.25, -0.2) is 18.4 Å². The number of rotatable bonds is 10. The predicted octanol–water partition coefficient (Wildman–Crippen LogP) is 2.91. The summed E-state index contributed by atoms with van der Waals surface area (Å²) in [5.74, 6) is -0.0250. The lowest BCUT2D eigenvalue weighted by Gasteiger charge is -2.10. The van der Waals surface area contributed by atoms with E-state index in [9.17, 15) is 13.2 Å². The lowest BCUT2D eigenvalue weighted by Crippen LogP contribution is -2.28. The van der Waals surface area contributed by atoms with Gasteiger partial charge in [0.2, 0.25) is 5.88 Å². The third kappa shape index (κ3) is 6.06. The number of benzene rings is 1. The molecule has 1 aliphatic carbocycles. The number of carbonyl (C=O) groups is 1. The van der Waals surface area contributed by atoms with Crippen LogP contribution in [-0.4, -0.2) is 73.8 Å². The maximum atomic E-state index is 13.4. The van der Waals surface area contributed by atoms with Crippen LogP contribution in [0.4, 0.5) is 5.13 Å². The Bertz CT molecular complexity index is 1470. The first kappa shape index (κ1) is 26.1. The molecule has 11 nitrogen and oxygen atoms in total. The summed E-state index contributed by atoms with van der Waals surface area (Å²) in [5.41, 5.74) is 1.07. The van der Waals surface area contributed by atoms with Crippen LogP contribution in [-0.2, 0) is 24.2 Å². The SMILES string of the molecule is O=C(Nc1nc2ccc(OC[C@H]3CCCN3)nc2s1)/C(=N/O[C@@H]1CCOC1)c1ccc(S(=O)(=O)C2CC2)cc1. The standard InChI is InChI=1S/C26H29N5O6S2/c32-24(30-26-28-21-9-10-22(29-25(21)38-26)36-14-17-2-1-12-27-17)23(31-37-18-11-13-35-15-18)16-3-5-19(6-4-16)39(33,34)20-7-8-20/h3-6,9-10,17-18,20,27H,1-2,7-8,11-15H2,(H,28,30,32)/b31-23+/t17-,18-/m1/s1.